The summed E-state index contributed by atoms with van der Waals surface area (Å²) in [4.78, 5) is 29.7. The van der Waals surface area contributed by atoms with E-state index in [0.29, 0.717) is 50.1 Å². The lowest BCUT2D eigenvalue weighted by atomic mass is 9.98. The van der Waals surface area contributed by atoms with Crippen LogP contribution in [-0.2, 0) is 11.2 Å². The van der Waals surface area contributed by atoms with Crippen LogP contribution in [0, 0.1) is 18.3 Å². The van der Waals surface area contributed by atoms with E-state index in [0.717, 1.165) is 21.3 Å². The number of amides is 2. The van der Waals surface area contributed by atoms with Gasteiger partial charge in [0.15, 0.2) is 0 Å². The molecule has 1 saturated heterocycles. The summed E-state index contributed by atoms with van der Waals surface area (Å²) < 4.78 is 6.19. The third-order valence-electron chi connectivity index (χ3n) is 6.16. The highest BCUT2D eigenvalue weighted by Crippen LogP contribution is 2.27. The zero-order valence-electron chi connectivity index (χ0n) is 21.7. The molecule has 1 aliphatic rings. The Morgan fingerprint density at radius 2 is 1.94 bits per heavy atom. The minimum atomic E-state index is -0.538. The van der Waals surface area contributed by atoms with Gasteiger partial charge in [-0.15, -0.1) is 0 Å². The SMILES string of the molecule is Cc1cc(CCCNC(=O)OC(C)(C)C)c(C(=O)N2CCN(c3ccccc3C#N)C[C@@H]2C)cc1Br. The van der Waals surface area contributed by atoms with Crippen LogP contribution in [0.2, 0.25) is 0 Å². The van der Waals surface area contributed by atoms with Crippen molar-refractivity contribution in [1.29, 1.82) is 5.26 Å². The van der Waals surface area contributed by atoms with Crippen LogP contribution in [0.15, 0.2) is 40.9 Å². The lowest BCUT2D eigenvalue weighted by molar-refractivity contribution is 0.0526. The van der Waals surface area contributed by atoms with Gasteiger partial charge in [0.2, 0.25) is 0 Å². The van der Waals surface area contributed by atoms with Crippen molar-refractivity contribution in [2.45, 2.75) is 59.1 Å². The maximum Gasteiger partial charge on any atom is 0.407 e. The molecule has 2 amide bonds. The van der Waals surface area contributed by atoms with Crippen LogP contribution < -0.4 is 10.2 Å². The van der Waals surface area contributed by atoms with Crippen LogP contribution >= 0.6 is 15.9 Å². The second kappa shape index (κ2) is 11.8. The van der Waals surface area contributed by atoms with E-state index in [1.807, 2.05) is 69.9 Å². The zero-order chi connectivity index (χ0) is 26.5. The highest BCUT2D eigenvalue weighted by atomic mass is 79.9. The predicted molar refractivity (Wildman–Crippen MR) is 145 cm³/mol. The highest BCUT2D eigenvalue weighted by molar-refractivity contribution is 9.10. The fraction of sp³-hybridized carbons (Fsp3) is 0.464. The van der Waals surface area contributed by atoms with Gasteiger partial charge < -0.3 is 19.9 Å². The number of alkyl carbamates (subject to hydrolysis) is 1. The number of ether oxygens (including phenoxy) is 1. The number of halogens is 1. The van der Waals surface area contributed by atoms with E-state index in [1.54, 1.807) is 0 Å². The molecule has 7 nitrogen and oxygen atoms in total. The average molecular weight is 556 g/mol. The van der Waals surface area contributed by atoms with Crippen molar-refractivity contribution >= 4 is 33.6 Å². The molecule has 192 valence electrons. The third kappa shape index (κ3) is 7.01. The van der Waals surface area contributed by atoms with Crippen LogP contribution in [0.4, 0.5) is 10.5 Å². The number of rotatable bonds is 6. The van der Waals surface area contributed by atoms with Crippen LogP contribution in [0.25, 0.3) is 0 Å². The number of nitrogens with zero attached hydrogens (tertiary/aromatic N) is 3. The van der Waals surface area contributed by atoms with Crippen molar-refractivity contribution in [3.8, 4) is 6.07 Å². The van der Waals surface area contributed by atoms with Crippen LogP contribution in [0.1, 0.15) is 61.2 Å². The number of hydrogen-bond acceptors (Lipinski definition) is 5. The Morgan fingerprint density at radius 1 is 1.22 bits per heavy atom. The van der Waals surface area contributed by atoms with E-state index >= 15 is 0 Å². The summed E-state index contributed by atoms with van der Waals surface area (Å²) in [6.45, 7) is 11.9. The number of anilines is 1. The Labute approximate surface area is 222 Å². The summed E-state index contributed by atoms with van der Waals surface area (Å²) >= 11 is 3.59. The number of piperazine rings is 1. The predicted octanol–water partition coefficient (Wildman–Crippen LogP) is 5.44. The van der Waals surface area contributed by atoms with Crippen molar-refractivity contribution < 1.29 is 14.3 Å². The van der Waals surface area contributed by atoms with Gasteiger partial charge in [-0.05, 0) is 76.8 Å². The second-order valence-corrected chi connectivity index (χ2v) is 11.1. The summed E-state index contributed by atoms with van der Waals surface area (Å²) in [6.07, 6.45) is 0.916. The van der Waals surface area contributed by atoms with Gasteiger partial charge in [0.25, 0.3) is 5.91 Å². The first kappa shape index (κ1) is 27.5. The number of carbonyl (C=O) groups is 2. The molecule has 0 bridgehead atoms. The molecule has 8 heteroatoms. The Bertz CT molecular complexity index is 1150. The van der Waals surface area contributed by atoms with E-state index in [2.05, 4.69) is 38.3 Å². The van der Waals surface area contributed by atoms with Gasteiger partial charge in [0.05, 0.1) is 11.3 Å². The first-order valence-electron chi connectivity index (χ1n) is 12.3. The van der Waals surface area contributed by atoms with Crippen LogP contribution in [0.3, 0.4) is 0 Å². The highest BCUT2D eigenvalue weighted by Gasteiger charge is 2.30. The Balaban J connectivity index is 1.69. The van der Waals surface area contributed by atoms with Crippen molar-refractivity contribution in [1.82, 2.24) is 10.2 Å². The number of hydrogen-bond donors (Lipinski definition) is 1. The number of carbonyl (C=O) groups excluding carboxylic acids is 2. The first-order chi connectivity index (χ1) is 17.0. The molecule has 0 aromatic heterocycles. The van der Waals surface area contributed by atoms with E-state index in [4.69, 9.17) is 4.74 Å². The van der Waals surface area contributed by atoms with Crippen molar-refractivity contribution in [3.05, 3.63) is 63.1 Å². The number of benzene rings is 2. The molecule has 1 atom stereocenters. The summed E-state index contributed by atoms with van der Waals surface area (Å²) in [5.41, 5.74) is 3.74. The summed E-state index contributed by atoms with van der Waals surface area (Å²) in [5.74, 6) is 0.00604. The standard InChI is InChI=1S/C28H35BrN4O3/c1-19-15-21(10-8-12-31-27(35)36-28(3,4)5)23(16-24(19)29)26(34)33-14-13-32(18-20(33)2)25-11-7-6-9-22(25)17-30/h6-7,9,11,15-16,20H,8,10,12-14,18H2,1-5H3,(H,31,35)/t20-/m0/s1. The number of nitrogens with one attached hydrogen (secondary N) is 1. The molecule has 3 rings (SSSR count). The fourth-order valence-corrected chi connectivity index (χ4v) is 4.75. The average Bonchev–Trinajstić information content (AvgIpc) is 2.82. The largest absolute Gasteiger partial charge is 0.444 e. The van der Waals surface area contributed by atoms with E-state index < -0.39 is 11.7 Å². The Hall–Kier alpha value is -3.05. The molecule has 0 saturated carbocycles. The van der Waals surface area contributed by atoms with Crippen molar-refractivity contribution in [3.63, 3.8) is 0 Å². The molecule has 36 heavy (non-hydrogen) atoms. The topological polar surface area (TPSA) is 85.7 Å². The zero-order valence-corrected chi connectivity index (χ0v) is 23.3. The molecular weight excluding hydrogens is 520 g/mol. The van der Waals surface area contributed by atoms with Gasteiger partial charge in [-0.25, -0.2) is 4.79 Å². The smallest absolute Gasteiger partial charge is 0.407 e. The maximum atomic E-state index is 13.7. The molecule has 2 aromatic rings. The van der Waals surface area contributed by atoms with Gasteiger partial charge in [-0.2, -0.15) is 5.26 Å². The lowest BCUT2D eigenvalue weighted by Gasteiger charge is -2.41. The van der Waals surface area contributed by atoms with Crippen molar-refractivity contribution in [2.24, 2.45) is 0 Å². The molecule has 0 aliphatic carbocycles. The molecule has 2 aromatic carbocycles. The maximum absolute atomic E-state index is 13.7. The van der Waals surface area contributed by atoms with E-state index in [9.17, 15) is 14.9 Å². The van der Waals surface area contributed by atoms with E-state index in [1.165, 1.54) is 0 Å². The Morgan fingerprint density at radius 3 is 2.61 bits per heavy atom. The first-order valence-corrected chi connectivity index (χ1v) is 13.1. The van der Waals surface area contributed by atoms with E-state index in [-0.39, 0.29) is 11.9 Å². The minimum Gasteiger partial charge on any atom is -0.444 e. The van der Waals surface area contributed by atoms with Crippen molar-refractivity contribution in [2.75, 3.05) is 31.1 Å². The monoisotopic (exact) mass is 554 g/mol. The number of aryl methyl sites for hydroxylation is 2. The minimum absolute atomic E-state index is 0.00604. The van der Waals surface area contributed by atoms with Gasteiger partial charge in [-0.3, -0.25) is 4.79 Å². The molecular formula is C28H35BrN4O3. The van der Waals surface area contributed by atoms with Gasteiger partial charge in [-0.1, -0.05) is 34.1 Å². The van der Waals surface area contributed by atoms with Crippen LogP contribution in [0.5, 0.6) is 0 Å². The Kier molecular flexibility index (Phi) is 9.02. The van der Waals surface area contributed by atoms with Gasteiger partial charge >= 0.3 is 6.09 Å². The number of nitriles is 1. The third-order valence-corrected chi connectivity index (χ3v) is 7.01. The normalized spacial score (nSPS) is 15.9. The summed E-state index contributed by atoms with van der Waals surface area (Å²) in [6, 6.07) is 13.8. The molecule has 1 heterocycles. The molecule has 1 N–H and O–H groups in total. The fourth-order valence-electron chi connectivity index (χ4n) is 4.41. The molecule has 1 fully saturated rings. The molecule has 0 spiro atoms. The quantitative estimate of drug-likeness (QED) is 0.480. The summed E-state index contributed by atoms with van der Waals surface area (Å²) in [5, 5.41) is 12.3. The van der Waals surface area contributed by atoms with Crippen LogP contribution in [-0.4, -0.2) is 54.7 Å². The summed E-state index contributed by atoms with van der Waals surface area (Å²) in [7, 11) is 0. The molecule has 0 radical (unpaired) electrons. The lowest BCUT2D eigenvalue weighted by Crippen LogP contribution is -2.54. The van der Waals surface area contributed by atoms with Gasteiger partial charge in [0, 0.05) is 42.3 Å². The molecule has 1 aliphatic heterocycles. The molecule has 0 unspecified atom stereocenters. The number of para-hydroxylation sites is 1. The second-order valence-electron chi connectivity index (χ2n) is 10.2. The van der Waals surface area contributed by atoms with Gasteiger partial charge in [0.1, 0.15) is 11.7 Å².